The minimum Gasteiger partial charge on any atom is -0.469 e. The summed E-state index contributed by atoms with van der Waals surface area (Å²) < 4.78 is 5.75. The number of hydrogen-bond acceptors (Lipinski definition) is 5. The highest BCUT2D eigenvalue weighted by Gasteiger charge is 2.15. The number of methoxy groups -OCH3 is 1. The molecule has 0 spiro atoms. The molecule has 0 unspecified atom stereocenters. The third-order valence-corrected chi connectivity index (χ3v) is 5.22. The lowest BCUT2D eigenvalue weighted by Crippen LogP contribution is -2.07. The Hall–Kier alpha value is -1.98. The normalized spacial score (nSPS) is 10.7. The van der Waals surface area contributed by atoms with Crippen molar-refractivity contribution in [2.75, 3.05) is 7.11 Å². The van der Waals surface area contributed by atoms with E-state index in [2.05, 4.69) is 28.3 Å². The molecular weight excluding hydrogens is 304 g/mol. The molecule has 2 aromatic heterocycles. The predicted octanol–water partition coefficient (Wildman–Crippen LogP) is 4.38. The Morgan fingerprint density at radius 2 is 2.00 bits per heavy atom. The number of benzene rings is 1. The Bertz CT molecular complexity index is 814. The van der Waals surface area contributed by atoms with Crippen LogP contribution in [0.15, 0.2) is 41.8 Å². The molecule has 3 nitrogen and oxygen atoms in total. The maximum absolute atomic E-state index is 12.0. The molecule has 2 heterocycles. The molecule has 0 amide bonds. The molecule has 0 atom stereocenters. The molecule has 0 radical (unpaired) electrons. The average molecular weight is 316 g/mol. The average Bonchev–Trinajstić information content (AvgIpc) is 3.15. The molecule has 3 rings (SSSR count). The van der Waals surface area contributed by atoms with E-state index in [0.717, 1.165) is 10.4 Å². The summed E-state index contributed by atoms with van der Waals surface area (Å²) in [5.74, 6) is -0.703. The quantitative estimate of drug-likeness (QED) is 0.408. The minimum absolute atomic E-state index is 0.199. The fourth-order valence-electron chi connectivity index (χ4n) is 2.13. The van der Waals surface area contributed by atoms with Gasteiger partial charge in [0.25, 0.3) is 0 Å². The van der Waals surface area contributed by atoms with E-state index in [1.54, 1.807) is 17.4 Å². The number of carbonyl (C=O) groups excluding carboxylic acids is 2. The summed E-state index contributed by atoms with van der Waals surface area (Å²) in [6.07, 6.45) is -0.209. The molecule has 0 bridgehead atoms. The van der Waals surface area contributed by atoms with Gasteiger partial charge in [0, 0.05) is 20.5 Å². The molecule has 0 aliphatic carbocycles. The smallest absolute Gasteiger partial charge is 0.313 e. The van der Waals surface area contributed by atoms with Gasteiger partial charge >= 0.3 is 5.97 Å². The van der Waals surface area contributed by atoms with Crippen LogP contribution in [0.4, 0.5) is 0 Å². The number of hydrogen-bond donors (Lipinski definition) is 0. The second-order valence-electron chi connectivity index (χ2n) is 4.48. The number of carbonyl (C=O) groups is 2. The Balaban J connectivity index is 1.93. The Morgan fingerprint density at radius 1 is 1.14 bits per heavy atom. The fourth-order valence-corrected chi connectivity index (χ4v) is 3.93. The first-order chi connectivity index (χ1) is 10.2. The molecule has 5 heteroatoms. The van der Waals surface area contributed by atoms with Crippen LogP contribution in [0.2, 0.25) is 0 Å². The zero-order valence-corrected chi connectivity index (χ0v) is 12.9. The summed E-state index contributed by atoms with van der Waals surface area (Å²) in [5.41, 5.74) is 1.12. The van der Waals surface area contributed by atoms with Crippen LogP contribution in [0.1, 0.15) is 16.1 Å². The van der Waals surface area contributed by atoms with E-state index in [0.29, 0.717) is 4.88 Å². The molecule has 0 fully saturated rings. The summed E-state index contributed by atoms with van der Waals surface area (Å²) in [6, 6.07) is 11.9. The summed E-state index contributed by atoms with van der Waals surface area (Å²) >= 11 is 3.11. The highest BCUT2D eigenvalue weighted by Crippen LogP contribution is 2.35. The molecule has 0 aliphatic heterocycles. The predicted molar refractivity (Wildman–Crippen MR) is 86.1 cm³/mol. The van der Waals surface area contributed by atoms with Crippen molar-refractivity contribution in [2.45, 2.75) is 6.42 Å². The van der Waals surface area contributed by atoms with Gasteiger partial charge in [-0.05, 0) is 29.6 Å². The van der Waals surface area contributed by atoms with Gasteiger partial charge in [-0.2, -0.15) is 0 Å². The van der Waals surface area contributed by atoms with Crippen LogP contribution in [0.3, 0.4) is 0 Å². The summed E-state index contributed by atoms with van der Waals surface area (Å²) in [4.78, 5) is 24.8. The van der Waals surface area contributed by atoms with Crippen LogP contribution in [0.5, 0.6) is 0 Å². The maximum Gasteiger partial charge on any atom is 0.313 e. The second-order valence-corrected chi connectivity index (χ2v) is 6.51. The molecule has 1 aromatic carbocycles. The summed E-state index contributed by atoms with van der Waals surface area (Å²) in [7, 11) is 1.28. The van der Waals surface area contributed by atoms with Crippen molar-refractivity contribution in [2.24, 2.45) is 0 Å². The van der Waals surface area contributed by atoms with Gasteiger partial charge in [-0.1, -0.05) is 12.1 Å². The summed E-state index contributed by atoms with van der Waals surface area (Å²) in [5, 5.41) is 3.25. The van der Waals surface area contributed by atoms with Gasteiger partial charge in [-0.25, -0.2) is 0 Å². The highest BCUT2D eigenvalue weighted by atomic mass is 32.1. The minimum atomic E-state index is -0.505. The topological polar surface area (TPSA) is 43.4 Å². The first-order valence-corrected chi connectivity index (χ1v) is 8.05. The van der Waals surface area contributed by atoms with Gasteiger partial charge in [0.05, 0.1) is 12.0 Å². The largest absolute Gasteiger partial charge is 0.469 e. The van der Waals surface area contributed by atoms with Crippen molar-refractivity contribution in [1.29, 1.82) is 0 Å². The number of ether oxygens (including phenoxy) is 1. The van der Waals surface area contributed by atoms with Crippen LogP contribution >= 0.6 is 22.7 Å². The summed E-state index contributed by atoms with van der Waals surface area (Å²) in [6.45, 7) is 0. The first-order valence-electron chi connectivity index (χ1n) is 6.35. The van der Waals surface area contributed by atoms with Gasteiger partial charge in [0.1, 0.15) is 6.42 Å². The lowest BCUT2D eigenvalue weighted by atomic mass is 10.1. The molecule has 21 heavy (non-hydrogen) atoms. The fraction of sp³-hybridized carbons (Fsp3) is 0.125. The zero-order valence-electron chi connectivity index (χ0n) is 11.3. The first kappa shape index (κ1) is 14.0. The maximum atomic E-state index is 12.0. The lowest BCUT2D eigenvalue weighted by molar-refractivity contribution is -0.139. The SMILES string of the molecule is COC(=O)CC(=O)c1ccc(-c2cccc3sccc23)s1. The van der Waals surface area contributed by atoms with Crippen LogP contribution in [0.25, 0.3) is 20.5 Å². The van der Waals surface area contributed by atoms with Crippen molar-refractivity contribution < 1.29 is 14.3 Å². The van der Waals surface area contributed by atoms with Crippen molar-refractivity contribution in [3.8, 4) is 10.4 Å². The zero-order chi connectivity index (χ0) is 14.8. The second kappa shape index (κ2) is 5.79. The van der Waals surface area contributed by atoms with Crippen LogP contribution in [-0.2, 0) is 9.53 Å². The van der Waals surface area contributed by atoms with E-state index in [4.69, 9.17) is 0 Å². The molecule has 106 valence electrons. The van der Waals surface area contributed by atoms with E-state index < -0.39 is 5.97 Å². The number of rotatable bonds is 4. The number of thiophene rings is 2. The highest BCUT2D eigenvalue weighted by molar-refractivity contribution is 7.18. The number of fused-ring (bicyclic) bond motifs is 1. The number of esters is 1. The van der Waals surface area contributed by atoms with Gasteiger partial charge in [-0.3, -0.25) is 9.59 Å². The monoisotopic (exact) mass is 316 g/mol. The molecule has 3 aromatic rings. The Morgan fingerprint density at radius 3 is 2.81 bits per heavy atom. The Labute approximate surface area is 129 Å². The van der Waals surface area contributed by atoms with Crippen LogP contribution in [0, 0.1) is 0 Å². The van der Waals surface area contributed by atoms with Gasteiger partial charge in [0.15, 0.2) is 5.78 Å². The van der Waals surface area contributed by atoms with E-state index in [9.17, 15) is 9.59 Å². The molecule has 0 saturated heterocycles. The third-order valence-electron chi connectivity index (χ3n) is 3.17. The van der Waals surface area contributed by atoms with E-state index in [1.165, 1.54) is 28.5 Å². The van der Waals surface area contributed by atoms with Crippen LogP contribution < -0.4 is 0 Å². The number of Topliss-reactive ketones (excluding diaryl/α,β-unsaturated/α-hetero) is 1. The van der Waals surface area contributed by atoms with Crippen molar-refractivity contribution in [1.82, 2.24) is 0 Å². The molecule has 0 N–H and O–H groups in total. The van der Waals surface area contributed by atoms with Crippen molar-refractivity contribution in [3.63, 3.8) is 0 Å². The standard InChI is InChI=1S/C16H12O3S2/c1-19-16(18)9-12(17)15-6-5-14(21-15)10-3-2-4-13-11(10)7-8-20-13/h2-8H,9H2,1H3. The van der Waals surface area contributed by atoms with Gasteiger partial charge < -0.3 is 4.74 Å². The molecule has 0 aliphatic rings. The van der Waals surface area contributed by atoms with Gasteiger partial charge in [-0.15, -0.1) is 22.7 Å². The molecule has 0 saturated carbocycles. The van der Waals surface area contributed by atoms with E-state index in [1.807, 2.05) is 12.1 Å². The van der Waals surface area contributed by atoms with E-state index >= 15 is 0 Å². The third kappa shape index (κ3) is 2.75. The van der Waals surface area contributed by atoms with E-state index in [-0.39, 0.29) is 12.2 Å². The lowest BCUT2D eigenvalue weighted by Gasteiger charge is -2.00. The van der Waals surface area contributed by atoms with Crippen LogP contribution in [-0.4, -0.2) is 18.9 Å². The Kier molecular flexibility index (Phi) is 3.86. The van der Waals surface area contributed by atoms with Gasteiger partial charge in [0.2, 0.25) is 0 Å². The number of ketones is 1. The van der Waals surface area contributed by atoms with Crippen molar-refractivity contribution >= 4 is 44.5 Å². The van der Waals surface area contributed by atoms with Crippen molar-refractivity contribution in [3.05, 3.63) is 46.7 Å². The molecular formula is C16H12O3S2.